The SMILES string of the molecule is CC/C=C\C/C=C\C/C=C\C/C=C\C/C=C\C/C=C\C/C=C\C/C=C\CCCCC(=O)OCC(COC(=O)CCCCCCC/C=C\CCCCCC)OC(=O)CCCCCCCCCCCCC/C=C\CCCCCCCCCC. The van der Waals surface area contributed by atoms with Crippen molar-refractivity contribution in [3.8, 4) is 0 Å². The molecule has 0 rings (SSSR count). The van der Waals surface area contributed by atoms with Gasteiger partial charge in [0.25, 0.3) is 0 Å². The van der Waals surface area contributed by atoms with E-state index in [9.17, 15) is 14.4 Å². The molecule has 0 saturated carbocycles. The first-order valence-corrected chi connectivity index (χ1v) is 34.0. The van der Waals surface area contributed by atoms with E-state index in [4.69, 9.17) is 14.2 Å². The predicted octanol–water partition coefficient (Wildman–Crippen LogP) is 23.6. The Bertz CT molecular complexity index is 1670. The lowest BCUT2D eigenvalue weighted by atomic mass is 10.0. The quantitative estimate of drug-likeness (QED) is 0.0261. The average Bonchev–Trinajstić information content (AvgIpc) is 3.46. The van der Waals surface area contributed by atoms with Crippen LogP contribution in [0.15, 0.2) is 122 Å². The molecular formula is C75H126O6. The van der Waals surface area contributed by atoms with E-state index in [1.165, 1.54) is 154 Å². The van der Waals surface area contributed by atoms with Gasteiger partial charge in [0.15, 0.2) is 6.10 Å². The molecule has 0 aliphatic heterocycles. The fourth-order valence-corrected chi connectivity index (χ4v) is 9.33. The minimum absolute atomic E-state index is 0.0975. The van der Waals surface area contributed by atoms with Crippen molar-refractivity contribution in [2.75, 3.05) is 13.2 Å². The molecule has 0 amide bonds. The molecule has 0 aromatic heterocycles. The van der Waals surface area contributed by atoms with E-state index in [0.29, 0.717) is 25.7 Å². The van der Waals surface area contributed by atoms with Crippen molar-refractivity contribution in [1.82, 2.24) is 0 Å². The summed E-state index contributed by atoms with van der Waals surface area (Å²) >= 11 is 0. The van der Waals surface area contributed by atoms with Crippen molar-refractivity contribution in [3.63, 3.8) is 0 Å². The zero-order chi connectivity index (χ0) is 58.5. The van der Waals surface area contributed by atoms with Crippen molar-refractivity contribution in [2.45, 2.75) is 322 Å². The first kappa shape index (κ1) is 76.8. The van der Waals surface area contributed by atoms with Crippen LogP contribution in [0.3, 0.4) is 0 Å². The first-order valence-electron chi connectivity index (χ1n) is 34.0. The molecule has 0 N–H and O–H groups in total. The highest BCUT2D eigenvalue weighted by atomic mass is 16.6. The maximum absolute atomic E-state index is 12.9. The molecule has 0 aromatic carbocycles. The van der Waals surface area contributed by atoms with Crippen molar-refractivity contribution in [3.05, 3.63) is 122 Å². The Hall–Kier alpha value is -4.19. The molecule has 462 valence electrons. The maximum Gasteiger partial charge on any atom is 0.306 e. The summed E-state index contributed by atoms with van der Waals surface area (Å²) in [4.78, 5) is 38.4. The monoisotopic (exact) mass is 1120 g/mol. The number of carbonyl (C=O) groups excluding carboxylic acids is 3. The third kappa shape index (κ3) is 66.5. The van der Waals surface area contributed by atoms with Gasteiger partial charge >= 0.3 is 17.9 Å². The molecule has 1 atom stereocenters. The average molecular weight is 1120 g/mol. The lowest BCUT2D eigenvalue weighted by Crippen LogP contribution is -2.30. The van der Waals surface area contributed by atoms with E-state index in [2.05, 4.69) is 142 Å². The summed E-state index contributed by atoms with van der Waals surface area (Å²) in [6, 6.07) is 0. The zero-order valence-electron chi connectivity index (χ0n) is 53.0. The van der Waals surface area contributed by atoms with Gasteiger partial charge in [0.2, 0.25) is 0 Å². The number of hydrogen-bond donors (Lipinski definition) is 0. The van der Waals surface area contributed by atoms with E-state index < -0.39 is 6.10 Å². The number of ether oxygens (including phenoxy) is 3. The Balaban J connectivity index is 4.41. The number of carbonyl (C=O) groups is 3. The predicted molar refractivity (Wildman–Crippen MR) is 353 cm³/mol. The van der Waals surface area contributed by atoms with Gasteiger partial charge in [-0.15, -0.1) is 0 Å². The largest absolute Gasteiger partial charge is 0.462 e. The van der Waals surface area contributed by atoms with Crippen LogP contribution in [-0.4, -0.2) is 37.2 Å². The number of hydrogen-bond acceptors (Lipinski definition) is 6. The number of rotatable bonds is 61. The highest BCUT2D eigenvalue weighted by molar-refractivity contribution is 5.71. The zero-order valence-corrected chi connectivity index (χ0v) is 53.0. The smallest absolute Gasteiger partial charge is 0.306 e. The second-order valence-electron chi connectivity index (χ2n) is 22.3. The molecule has 0 aliphatic carbocycles. The molecule has 0 radical (unpaired) electrons. The number of esters is 3. The van der Waals surface area contributed by atoms with Crippen molar-refractivity contribution >= 4 is 17.9 Å². The van der Waals surface area contributed by atoms with E-state index in [1.807, 2.05) is 0 Å². The minimum atomic E-state index is -0.804. The molecule has 0 aliphatic rings. The summed E-state index contributed by atoms with van der Waals surface area (Å²) in [7, 11) is 0. The summed E-state index contributed by atoms with van der Waals surface area (Å²) in [5.41, 5.74) is 0. The van der Waals surface area contributed by atoms with Crippen LogP contribution < -0.4 is 0 Å². The standard InChI is InChI=1S/C75H126O6/c1-4-7-10-13-16-19-22-25-27-29-31-33-35-36-37-38-40-41-43-45-47-50-53-56-59-62-65-68-74(77)80-71-72(70-79-73(76)67-64-61-58-55-52-49-24-21-18-15-12-9-6-3)81-75(78)69-66-63-60-57-54-51-48-46-44-42-39-34-32-30-28-26-23-20-17-14-11-8-5-2/h7,10,16,19,21,24-25,27,30-33,36-37,40-41,45,47,53,56,72H,4-6,8-9,11-15,17-18,20,22-23,26,28-29,34-35,38-39,42-44,46,48-52,54-55,57-71H2,1-3H3/b10-7-,19-16-,24-21-,27-25-,32-30-,33-31-,37-36-,41-40-,47-45-,56-53-. The molecular weight excluding hydrogens is 997 g/mol. The molecule has 0 fully saturated rings. The highest BCUT2D eigenvalue weighted by Gasteiger charge is 2.19. The van der Waals surface area contributed by atoms with Crippen LogP contribution in [0.2, 0.25) is 0 Å². The summed E-state index contributed by atoms with van der Waals surface area (Å²) in [6.07, 6.45) is 95.0. The van der Waals surface area contributed by atoms with Gasteiger partial charge in [-0.2, -0.15) is 0 Å². The van der Waals surface area contributed by atoms with E-state index in [1.54, 1.807) is 0 Å². The van der Waals surface area contributed by atoms with Crippen LogP contribution >= 0.6 is 0 Å². The van der Waals surface area contributed by atoms with Crippen LogP contribution in [0.4, 0.5) is 0 Å². The molecule has 0 heterocycles. The molecule has 0 spiro atoms. The van der Waals surface area contributed by atoms with Gasteiger partial charge in [0.1, 0.15) is 13.2 Å². The topological polar surface area (TPSA) is 78.9 Å². The summed E-state index contributed by atoms with van der Waals surface area (Å²) in [5.74, 6) is -0.944. The first-order chi connectivity index (χ1) is 40.0. The van der Waals surface area contributed by atoms with Crippen LogP contribution in [0.25, 0.3) is 0 Å². The normalized spacial score (nSPS) is 12.9. The Labute approximate surface area is 501 Å². The fraction of sp³-hybridized carbons (Fsp3) is 0.693. The van der Waals surface area contributed by atoms with E-state index >= 15 is 0 Å². The van der Waals surface area contributed by atoms with Gasteiger partial charge < -0.3 is 14.2 Å². The fourth-order valence-electron chi connectivity index (χ4n) is 9.33. The second kappa shape index (κ2) is 68.3. The Morgan fingerprint density at radius 3 is 0.802 bits per heavy atom. The van der Waals surface area contributed by atoms with Crippen molar-refractivity contribution in [2.24, 2.45) is 0 Å². The number of unbranched alkanes of at least 4 members (excludes halogenated alkanes) is 30. The molecule has 0 aromatic rings. The van der Waals surface area contributed by atoms with Crippen molar-refractivity contribution < 1.29 is 28.6 Å². The van der Waals surface area contributed by atoms with Gasteiger partial charge in [-0.25, -0.2) is 0 Å². The highest BCUT2D eigenvalue weighted by Crippen LogP contribution is 2.16. The van der Waals surface area contributed by atoms with Gasteiger partial charge in [-0.1, -0.05) is 284 Å². The van der Waals surface area contributed by atoms with E-state index in [-0.39, 0.29) is 31.1 Å². The van der Waals surface area contributed by atoms with Gasteiger partial charge in [-0.3, -0.25) is 14.4 Å². The molecule has 6 nitrogen and oxygen atoms in total. The summed E-state index contributed by atoms with van der Waals surface area (Å²) < 4.78 is 16.9. The lowest BCUT2D eigenvalue weighted by molar-refractivity contribution is -0.167. The third-order valence-electron chi connectivity index (χ3n) is 14.4. The lowest BCUT2D eigenvalue weighted by Gasteiger charge is -2.18. The number of allylic oxidation sites excluding steroid dienone is 20. The van der Waals surface area contributed by atoms with Crippen LogP contribution in [-0.2, 0) is 28.6 Å². The third-order valence-corrected chi connectivity index (χ3v) is 14.4. The van der Waals surface area contributed by atoms with Crippen LogP contribution in [0.5, 0.6) is 0 Å². The van der Waals surface area contributed by atoms with Gasteiger partial charge in [0, 0.05) is 19.3 Å². The second-order valence-corrected chi connectivity index (χ2v) is 22.3. The molecule has 0 bridgehead atoms. The summed E-state index contributed by atoms with van der Waals surface area (Å²) in [5, 5.41) is 0. The molecule has 81 heavy (non-hydrogen) atoms. The van der Waals surface area contributed by atoms with Crippen LogP contribution in [0.1, 0.15) is 316 Å². The molecule has 0 saturated heterocycles. The Morgan fingerprint density at radius 1 is 0.259 bits per heavy atom. The van der Waals surface area contributed by atoms with Crippen LogP contribution in [0, 0.1) is 0 Å². The maximum atomic E-state index is 12.9. The molecule has 6 heteroatoms. The Kier molecular flexibility index (Phi) is 64.8. The Morgan fingerprint density at radius 2 is 0.481 bits per heavy atom. The minimum Gasteiger partial charge on any atom is -0.462 e. The van der Waals surface area contributed by atoms with Gasteiger partial charge in [-0.05, 0) is 135 Å². The van der Waals surface area contributed by atoms with Crippen molar-refractivity contribution in [1.29, 1.82) is 0 Å². The van der Waals surface area contributed by atoms with Gasteiger partial charge in [0.05, 0.1) is 0 Å². The van der Waals surface area contributed by atoms with E-state index in [0.717, 1.165) is 116 Å². The summed E-state index contributed by atoms with van der Waals surface area (Å²) in [6.45, 7) is 6.49. The molecule has 1 unspecified atom stereocenters.